The van der Waals surface area contributed by atoms with Gasteiger partial charge in [0.05, 0.1) is 15.2 Å². The van der Waals surface area contributed by atoms with Crippen LogP contribution in [0.4, 0.5) is 0 Å². The molecule has 0 unspecified atom stereocenters. The minimum atomic E-state index is 0.761. The van der Waals surface area contributed by atoms with Crippen molar-refractivity contribution in [3.63, 3.8) is 0 Å². The Bertz CT molecular complexity index is 618. The smallest absolute Gasteiger partial charge is 0.211 e. The third-order valence-corrected chi connectivity index (χ3v) is 3.72. The molecule has 0 fully saturated rings. The summed E-state index contributed by atoms with van der Waals surface area (Å²) in [6.45, 7) is 3.84. The molecule has 0 aliphatic rings. The molecule has 0 N–H and O–H groups in total. The van der Waals surface area contributed by atoms with Crippen LogP contribution in [0.15, 0.2) is 28.4 Å². The Morgan fingerprint density at radius 2 is 2.12 bits per heavy atom. The molecular weight excluding hydrogens is 242 g/mol. The molecule has 2 aromatic rings. The number of hydrogen-bond acceptors (Lipinski definition) is 3. The van der Waals surface area contributed by atoms with Crippen molar-refractivity contribution in [1.29, 1.82) is 0 Å². The maximum atomic E-state index is 6.12. The Labute approximate surface area is 103 Å². The maximum absolute atomic E-state index is 6.12. The molecule has 0 aliphatic carbocycles. The van der Waals surface area contributed by atoms with Gasteiger partial charge in [0.15, 0.2) is 0 Å². The Balaban J connectivity index is 2.74. The number of aryl methyl sites for hydroxylation is 1. The average molecular weight is 254 g/mol. The number of nitrogens with zero attached hydrogens (tertiary/aromatic N) is 3. The lowest BCUT2D eigenvalue weighted by Gasteiger charge is -1.94. The summed E-state index contributed by atoms with van der Waals surface area (Å²) in [5, 5.41) is 9.02. The van der Waals surface area contributed by atoms with E-state index < -0.39 is 0 Å². The van der Waals surface area contributed by atoms with Gasteiger partial charge >= 0.3 is 0 Å². The van der Waals surface area contributed by atoms with Crippen molar-refractivity contribution in [3.05, 3.63) is 28.0 Å². The molecule has 0 aliphatic heterocycles. The lowest BCUT2D eigenvalue weighted by atomic mass is 10.3. The van der Waals surface area contributed by atoms with E-state index in [4.69, 9.17) is 11.6 Å². The van der Waals surface area contributed by atoms with Gasteiger partial charge in [0, 0.05) is 12.8 Å². The first-order valence-electron chi connectivity index (χ1n) is 4.88. The predicted molar refractivity (Wildman–Crippen MR) is 70.2 cm³/mol. The van der Waals surface area contributed by atoms with Crippen molar-refractivity contribution in [3.8, 4) is 0 Å². The van der Waals surface area contributed by atoms with Gasteiger partial charge in [0.2, 0.25) is 4.80 Å². The maximum Gasteiger partial charge on any atom is 0.211 e. The van der Waals surface area contributed by atoms with Gasteiger partial charge in [-0.1, -0.05) is 29.0 Å². The van der Waals surface area contributed by atoms with E-state index in [1.165, 1.54) is 0 Å². The number of aromatic nitrogens is 1. The van der Waals surface area contributed by atoms with Crippen molar-refractivity contribution in [1.82, 2.24) is 4.57 Å². The van der Waals surface area contributed by atoms with Crippen LogP contribution in [0.25, 0.3) is 10.2 Å². The zero-order valence-corrected chi connectivity index (χ0v) is 10.9. The molecule has 5 heteroatoms. The minimum absolute atomic E-state index is 0.761. The Morgan fingerprint density at radius 1 is 1.38 bits per heavy atom. The van der Waals surface area contributed by atoms with Crippen molar-refractivity contribution < 1.29 is 0 Å². The van der Waals surface area contributed by atoms with Gasteiger partial charge in [0.25, 0.3) is 0 Å². The highest BCUT2D eigenvalue weighted by atomic mass is 35.5. The summed E-state index contributed by atoms with van der Waals surface area (Å²) in [6.07, 6.45) is 0. The fourth-order valence-electron chi connectivity index (χ4n) is 1.36. The van der Waals surface area contributed by atoms with Crippen LogP contribution in [-0.2, 0) is 7.05 Å². The second kappa shape index (κ2) is 4.39. The van der Waals surface area contributed by atoms with E-state index in [0.29, 0.717) is 0 Å². The van der Waals surface area contributed by atoms with Gasteiger partial charge in [-0.15, -0.1) is 5.10 Å². The van der Waals surface area contributed by atoms with Gasteiger partial charge in [-0.2, -0.15) is 5.10 Å². The normalized spacial score (nSPS) is 12.1. The fraction of sp³-hybridized carbons (Fsp3) is 0.273. The minimum Gasteiger partial charge on any atom is -0.318 e. The SMILES string of the molecule is CC(C)=NN=c1sc2c(Cl)cccc2n1C. The average Bonchev–Trinajstić information content (AvgIpc) is 2.55. The van der Waals surface area contributed by atoms with Gasteiger partial charge < -0.3 is 4.57 Å². The Kier molecular flexibility index (Phi) is 3.12. The third kappa shape index (κ3) is 2.03. The Morgan fingerprint density at radius 3 is 2.75 bits per heavy atom. The van der Waals surface area contributed by atoms with Crippen LogP contribution in [0.3, 0.4) is 0 Å². The Hall–Kier alpha value is -1.13. The number of thiazole rings is 1. The molecule has 0 saturated carbocycles. The van der Waals surface area contributed by atoms with Crippen molar-refractivity contribution >= 4 is 38.9 Å². The molecule has 0 bridgehead atoms. The molecule has 2 rings (SSSR count). The standard InChI is InChI=1S/C11H12ClN3S/c1-7(2)13-14-11-15(3)9-6-4-5-8(12)10(9)16-11/h4-6H,1-3H3. The molecule has 0 atom stereocenters. The van der Waals surface area contributed by atoms with Crippen LogP contribution < -0.4 is 4.80 Å². The first-order valence-corrected chi connectivity index (χ1v) is 6.08. The highest BCUT2D eigenvalue weighted by Crippen LogP contribution is 2.25. The lowest BCUT2D eigenvalue weighted by molar-refractivity contribution is 0.888. The molecule has 0 saturated heterocycles. The predicted octanol–water partition coefficient (Wildman–Crippen LogP) is 3.19. The molecule has 0 radical (unpaired) electrons. The molecular formula is C11H12ClN3S. The van der Waals surface area contributed by atoms with Gasteiger partial charge in [-0.25, -0.2) is 0 Å². The second-order valence-corrected chi connectivity index (χ2v) is 5.06. The number of rotatable bonds is 1. The zero-order chi connectivity index (χ0) is 11.7. The summed E-state index contributed by atoms with van der Waals surface area (Å²) in [7, 11) is 1.97. The van der Waals surface area contributed by atoms with Crippen LogP contribution in [0.5, 0.6) is 0 Å². The molecule has 84 valence electrons. The van der Waals surface area contributed by atoms with Gasteiger partial charge in [0.1, 0.15) is 0 Å². The van der Waals surface area contributed by atoms with Crippen molar-refractivity contribution in [2.45, 2.75) is 13.8 Å². The zero-order valence-electron chi connectivity index (χ0n) is 9.36. The second-order valence-electron chi connectivity index (χ2n) is 3.68. The van der Waals surface area contributed by atoms with Crippen molar-refractivity contribution in [2.24, 2.45) is 17.3 Å². The topological polar surface area (TPSA) is 29.6 Å². The summed E-state index contributed by atoms with van der Waals surface area (Å²) in [6, 6.07) is 5.85. The van der Waals surface area contributed by atoms with Crippen LogP contribution in [0, 0.1) is 0 Å². The van der Waals surface area contributed by atoms with E-state index in [-0.39, 0.29) is 0 Å². The van der Waals surface area contributed by atoms with E-state index >= 15 is 0 Å². The highest BCUT2D eigenvalue weighted by Gasteiger charge is 2.05. The van der Waals surface area contributed by atoms with Gasteiger partial charge in [-0.3, -0.25) is 0 Å². The molecule has 1 aromatic carbocycles. The van der Waals surface area contributed by atoms with Crippen molar-refractivity contribution in [2.75, 3.05) is 0 Å². The van der Waals surface area contributed by atoms with Crippen LogP contribution in [0.2, 0.25) is 5.02 Å². The molecule has 3 nitrogen and oxygen atoms in total. The molecule has 1 aromatic heterocycles. The van der Waals surface area contributed by atoms with E-state index in [2.05, 4.69) is 10.2 Å². The van der Waals surface area contributed by atoms with Crippen LogP contribution >= 0.6 is 22.9 Å². The van der Waals surface area contributed by atoms with E-state index in [9.17, 15) is 0 Å². The number of halogens is 1. The number of hydrogen-bond donors (Lipinski definition) is 0. The molecule has 1 heterocycles. The largest absolute Gasteiger partial charge is 0.318 e. The van der Waals surface area contributed by atoms with E-state index in [1.54, 1.807) is 11.3 Å². The summed E-state index contributed by atoms with van der Waals surface area (Å²) < 4.78 is 3.05. The number of benzene rings is 1. The van der Waals surface area contributed by atoms with E-state index in [1.807, 2.05) is 43.7 Å². The fourth-order valence-corrected chi connectivity index (χ4v) is 2.62. The van der Waals surface area contributed by atoms with Gasteiger partial charge in [-0.05, 0) is 26.0 Å². The third-order valence-electron chi connectivity index (χ3n) is 2.12. The molecule has 16 heavy (non-hydrogen) atoms. The van der Waals surface area contributed by atoms with E-state index in [0.717, 1.165) is 25.8 Å². The molecule has 0 spiro atoms. The monoisotopic (exact) mass is 253 g/mol. The van der Waals surface area contributed by atoms with Crippen LogP contribution in [0.1, 0.15) is 13.8 Å². The first kappa shape index (κ1) is 11.4. The number of fused-ring (bicyclic) bond motifs is 1. The summed E-state index contributed by atoms with van der Waals surface area (Å²) >= 11 is 7.67. The summed E-state index contributed by atoms with van der Waals surface area (Å²) in [5.41, 5.74) is 2.02. The van der Waals surface area contributed by atoms with Crippen LogP contribution in [-0.4, -0.2) is 10.3 Å². The lowest BCUT2D eigenvalue weighted by Crippen LogP contribution is -2.09. The first-order chi connectivity index (χ1) is 7.59. The highest BCUT2D eigenvalue weighted by molar-refractivity contribution is 7.17. The molecule has 0 amide bonds. The quantitative estimate of drug-likeness (QED) is 0.552. The summed E-state index contributed by atoms with van der Waals surface area (Å²) in [4.78, 5) is 0.851. The summed E-state index contributed by atoms with van der Waals surface area (Å²) in [5.74, 6) is 0.